The number of nitrogens with zero attached hydrogens (tertiary/aromatic N) is 1. The maximum absolute atomic E-state index is 12.3. The minimum Gasteiger partial charge on any atom is -0.392 e. The van der Waals surface area contributed by atoms with E-state index in [1.807, 2.05) is 31.1 Å². The molecule has 1 aromatic rings. The quantitative estimate of drug-likeness (QED) is 0.780. The number of para-hydroxylation sites is 2. The van der Waals surface area contributed by atoms with Crippen molar-refractivity contribution in [2.45, 2.75) is 18.6 Å². The van der Waals surface area contributed by atoms with Crippen molar-refractivity contribution in [1.82, 2.24) is 0 Å². The first kappa shape index (κ1) is 15.7. The lowest BCUT2D eigenvalue weighted by atomic mass is 10.2. The molecule has 1 atom stereocenters. The number of thiocarbonyl (C=S) groups is 1. The van der Waals surface area contributed by atoms with Crippen molar-refractivity contribution in [3.05, 3.63) is 24.3 Å². The highest BCUT2D eigenvalue weighted by molar-refractivity contribution is 7.95. The molecule has 0 radical (unpaired) electrons. The van der Waals surface area contributed by atoms with Crippen LogP contribution >= 0.6 is 12.2 Å². The molecule has 0 spiro atoms. The van der Waals surface area contributed by atoms with Gasteiger partial charge in [-0.3, -0.25) is 4.72 Å². The molecule has 0 saturated carbocycles. The zero-order valence-corrected chi connectivity index (χ0v) is 12.9. The minimum absolute atomic E-state index is 0.0164. The minimum atomic E-state index is -3.62. The van der Waals surface area contributed by atoms with E-state index < -0.39 is 15.3 Å². The fraction of sp³-hybridized carbons (Fsp3) is 0.417. The van der Waals surface area contributed by atoms with Crippen molar-refractivity contribution in [3.8, 4) is 0 Å². The molecular formula is C12H19N3O2S2. The van der Waals surface area contributed by atoms with Gasteiger partial charge in [0.15, 0.2) is 0 Å². The summed E-state index contributed by atoms with van der Waals surface area (Å²) in [6, 6.07) is 7.16. The normalized spacial score (nSPS) is 12.8. The zero-order chi connectivity index (χ0) is 14.6. The molecule has 0 saturated heterocycles. The molecule has 0 heterocycles. The second kappa shape index (κ2) is 6.21. The van der Waals surface area contributed by atoms with Gasteiger partial charge in [0.1, 0.15) is 5.25 Å². The summed E-state index contributed by atoms with van der Waals surface area (Å²) in [5, 5.41) is -0.863. The smallest absolute Gasteiger partial charge is 0.242 e. The van der Waals surface area contributed by atoms with Gasteiger partial charge < -0.3 is 10.6 Å². The summed E-state index contributed by atoms with van der Waals surface area (Å²) >= 11 is 4.81. The van der Waals surface area contributed by atoms with Crippen LogP contribution < -0.4 is 15.4 Å². The van der Waals surface area contributed by atoms with Gasteiger partial charge in [-0.05, 0) is 18.6 Å². The Bertz CT molecular complexity index is 556. The number of anilines is 2. The Morgan fingerprint density at radius 2 is 2.00 bits per heavy atom. The number of nitrogens with two attached hydrogens (primary N) is 1. The molecule has 106 valence electrons. The largest absolute Gasteiger partial charge is 0.392 e. The molecule has 19 heavy (non-hydrogen) atoms. The van der Waals surface area contributed by atoms with E-state index in [1.165, 1.54) is 0 Å². The second-order valence-corrected chi connectivity index (χ2v) is 6.69. The van der Waals surface area contributed by atoms with Crippen LogP contribution in [-0.2, 0) is 10.0 Å². The zero-order valence-electron chi connectivity index (χ0n) is 11.3. The van der Waals surface area contributed by atoms with Crippen LogP contribution in [0.25, 0.3) is 0 Å². The third-order valence-corrected chi connectivity index (χ3v) is 4.98. The molecule has 3 N–H and O–H groups in total. The van der Waals surface area contributed by atoms with Crippen LogP contribution in [-0.4, -0.2) is 32.8 Å². The number of hydrogen-bond donors (Lipinski definition) is 2. The van der Waals surface area contributed by atoms with Crippen molar-refractivity contribution >= 4 is 38.6 Å². The predicted molar refractivity (Wildman–Crippen MR) is 84.2 cm³/mol. The Morgan fingerprint density at radius 1 is 1.42 bits per heavy atom. The van der Waals surface area contributed by atoms with Gasteiger partial charge in [0.05, 0.1) is 16.4 Å². The van der Waals surface area contributed by atoms with E-state index >= 15 is 0 Å². The van der Waals surface area contributed by atoms with Crippen LogP contribution in [0.2, 0.25) is 0 Å². The highest BCUT2D eigenvalue weighted by Gasteiger charge is 2.27. The Labute approximate surface area is 119 Å². The molecule has 7 heteroatoms. The van der Waals surface area contributed by atoms with E-state index in [4.69, 9.17) is 18.0 Å². The van der Waals surface area contributed by atoms with E-state index in [0.29, 0.717) is 12.1 Å². The van der Waals surface area contributed by atoms with Crippen LogP contribution in [0.15, 0.2) is 24.3 Å². The molecule has 0 fully saturated rings. The molecule has 1 rings (SSSR count). The van der Waals surface area contributed by atoms with Gasteiger partial charge in [-0.2, -0.15) is 0 Å². The fourth-order valence-electron chi connectivity index (χ4n) is 1.75. The van der Waals surface area contributed by atoms with Crippen molar-refractivity contribution in [2.75, 3.05) is 23.7 Å². The summed E-state index contributed by atoms with van der Waals surface area (Å²) in [6.45, 7) is 1.74. The maximum Gasteiger partial charge on any atom is 0.242 e. The van der Waals surface area contributed by atoms with Gasteiger partial charge >= 0.3 is 0 Å². The van der Waals surface area contributed by atoms with E-state index in [-0.39, 0.29) is 4.99 Å². The van der Waals surface area contributed by atoms with Crippen LogP contribution in [0, 0.1) is 0 Å². The SMILES string of the molecule is CCC(C(N)=S)S(=O)(=O)Nc1ccccc1N(C)C. The number of hydrogen-bond acceptors (Lipinski definition) is 4. The summed E-state index contributed by atoms with van der Waals surface area (Å²) in [7, 11) is 0.0668. The Balaban J connectivity index is 3.12. The maximum atomic E-state index is 12.3. The molecule has 0 aliphatic carbocycles. The lowest BCUT2D eigenvalue weighted by Crippen LogP contribution is -2.37. The highest BCUT2D eigenvalue weighted by atomic mass is 32.2. The van der Waals surface area contributed by atoms with Crippen LogP contribution in [0.3, 0.4) is 0 Å². The van der Waals surface area contributed by atoms with Crippen LogP contribution in [0.1, 0.15) is 13.3 Å². The van der Waals surface area contributed by atoms with Gasteiger partial charge in [-0.15, -0.1) is 0 Å². The highest BCUT2D eigenvalue weighted by Crippen LogP contribution is 2.25. The van der Waals surface area contributed by atoms with Gasteiger partial charge in [0, 0.05) is 14.1 Å². The monoisotopic (exact) mass is 301 g/mol. The molecule has 0 aliphatic heterocycles. The van der Waals surface area contributed by atoms with Gasteiger partial charge in [0.25, 0.3) is 0 Å². The second-order valence-electron chi connectivity index (χ2n) is 4.36. The number of benzene rings is 1. The first-order chi connectivity index (χ1) is 8.79. The van der Waals surface area contributed by atoms with Gasteiger partial charge in [0.2, 0.25) is 10.0 Å². The Morgan fingerprint density at radius 3 is 2.47 bits per heavy atom. The van der Waals surface area contributed by atoms with Crippen LogP contribution in [0.5, 0.6) is 0 Å². The van der Waals surface area contributed by atoms with Gasteiger partial charge in [-0.1, -0.05) is 31.3 Å². The topological polar surface area (TPSA) is 75.4 Å². The first-order valence-corrected chi connectivity index (χ1v) is 7.82. The van der Waals surface area contributed by atoms with E-state index in [1.54, 1.807) is 19.1 Å². The standard InChI is InChI=1S/C12H19N3O2S2/c1-4-11(12(13)18)19(16,17)14-9-7-5-6-8-10(9)15(2)3/h5-8,11,14H,4H2,1-3H3,(H2,13,18). The van der Waals surface area contributed by atoms with Crippen LogP contribution in [0.4, 0.5) is 11.4 Å². The molecule has 5 nitrogen and oxygen atoms in total. The lowest BCUT2D eigenvalue weighted by Gasteiger charge is -2.21. The molecule has 1 unspecified atom stereocenters. The molecule has 0 amide bonds. The van der Waals surface area contributed by atoms with Gasteiger partial charge in [-0.25, -0.2) is 8.42 Å². The third kappa shape index (κ3) is 3.81. The third-order valence-electron chi connectivity index (χ3n) is 2.70. The summed E-state index contributed by atoms with van der Waals surface area (Å²) in [6.07, 6.45) is 0.342. The summed E-state index contributed by atoms with van der Waals surface area (Å²) < 4.78 is 27.1. The summed E-state index contributed by atoms with van der Waals surface area (Å²) in [4.78, 5) is 1.82. The van der Waals surface area contributed by atoms with E-state index in [0.717, 1.165) is 5.69 Å². The van der Waals surface area contributed by atoms with E-state index in [2.05, 4.69) is 4.72 Å². The van der Waals surface area contributed by atoms with E-state index in [9.17, 15) is 8.42 Å². The Hall–Kier alpha value is -1.34. The molecular weight excluding hydrogens is 282 g/mol. The average molecular weight is 301 g/mol. The average Bonchev–Trinajstić information content (AvgIpc) is 2.28. The lowest BCUT2D eigenvalue weighted by molar-refractivity contribution is 0.594. The van der Waals surface area contributed by atoms with Crippen molar-refractivity contribution in [3.63, 3.8) is 0 Å². The summed E-state index contributed by atoms with van der Waals surface area (Å²) in [5.74, 6) is 0. The first-order valence-electron chi connectivity index (χ1n) is 5.87. The number of rotatable bonds is 6. The molecule has 0 bridgehead atoms. The summed E-state index contributed by atoms with van der Waals surface area (Å²) in [5.41, 5.74) is 6.78. The molecule has 1 aromatic carbocycles. The fourth-order valence-corrected chi connectivity index (χ4v) is 3.66. The predicted octanol–water partition coefficient (Wildman–Crippen LogP) is 1.56. The van der Waals surface area contributed by atoms with Crippen molar-refractivity contribution < 1.29 is 8.42 Å². The molecule has 0 aliphatic rings. The molecule has 0 aromatic heterocycles. The Kier molecular flexibility index (Phi) is 5.13. The number of nitrogens with one attached hydrogen (secondary N) is 1. The number of sulfonamides is 1. The van der Waals surface area contributed by atoms with Crippen molar-refractivity contribution in [2.24, 2.45) is 5.73 Å². The van der Waals surface area contributed by atoms with Crippen molar-refractivity contribution in [1.29, 1.82) is 0 Å².